The van der Waals surface area contributed by atoms with Crippen LogP contribution in [0.2, 0.25) is 0 Å². The second kappa shape index (κ2) is 8.11. The van der Waals surface area contributed by atoms with Gasteiger partial charge in [0.25, 0.3) is 5.91 Å². The van der Waals surface area contributed by atoms with Gasteiger partial charge in [0.05, 0.1) is 12.5 Å². The highest BCUT2D eigenvalue weighted by molar-refractivity contribution is 7.09. The largest absolute Gasteiger partial charge is 0.384 e. The van der Waals surface area contributed by atoms with Gasteiger partial charge >= 0.3 is 0 Å². The number of aromatic nitrogens is 1. The average Bonchev–Trinajstić information content (AvgIpc) is 3.00. The highest BCUT2D eigenvalue weighted by Gasteiger charge is 2.21. The molecule has 0 fully saturated rings. The molecule has 1 amide bonds. The van der Waals surface area contributed by atoms with Crippen molar-refractivity contribution in [3.63, 3.8) is 0 Å². The standard InChI is InChI=1S/C18H22N4O2S/c1-12-11-25-18(20-12)9-16(19)22-24-10-17(23)21-15-8-4-6-13-5-2-3-7-14(13)15/h2-3,5,7,11,15H,4,6,8-10H2,1H3,(H2,19,22)(H,21,23). The maximum atomic E-state index is 12.1. The molecule has 25 heavy (non-hydrogen) atoms. The van der Waals surface area contributed by atoms with Gasteiger partial charge in [-0.1, -0.05) is 29.4 Å². The lowest BCUT2D eigenvalue weighted by Crippen LogP contribution is -2.33. The molecule has 0 saturated heterocycles. The number of amides is 1. The number of hydrogen-bond acceptors (Lipinski definition) is 5. The summed E-state index contributed by atoms with van der Waals surface area (Å²) in [6, 6.07) is 8.28. The molecule has 1 aliphatic rings. The molecule has 1 aromatic carbocycles. The maximum Gasteiger partial charge on any atom is 0.261 e. The van der Waals surface area contributed by atoms with Crippen LogP contribution in [-0.2, 0) is 22.5 Å². The van der Waals surface area contributed by atoms with Crippen molar-refractivity contribution < 1.29 is 9.63 Å². The molecule has 0 spiro atoms. The van der Waals surface area contributed by atoms with Crippen molar-refractivity contribution in [2.45, 2.75) is 38.6 Å². The summed E-state index contributed by atoms with van der Waals surface area (Å²) in [6.45, 7) is 1.79. The molecular formula is C18H22N4O2S. The number of aryl methyl sites for hydroxylation is 2. The molecule has 0 radical (unpaired) electrons. The van der Waals surface area contributed by atoms with Gasteiger partial charge in [0, 0.05) is 11.1 Å². The summed E-state index contributed by atoms with van der Waals surface area (Å²) in [5.41, 5.74) is 9.27. The molecule has 132 valence electrons. The lowest BCUT2D eigenvalue weighted by molar-refractivity contribution is -0.126. The van der Waals surface area contributed by atoms with E-state index in [1.165, 1.54) is 22.5 Å². The van der Waals surface area contributed by atoms with Gasteiger partial charge in [0.2, 0.25) is 0 Å². The first-order valence-electron chi connectivity index (χ1n) is 8.34. The number of benzene rings is 1. The molecule has 3 N–H and O–H groups in total. The second-order valence-electron chi connectivity index (χ2n) is 6.13. The Hall–Kier alpha value is -2.41. The Morgan fingerprint density at radius 2 is 2.32 bits per heavy atom. The third-order valence-corrected chi connectivity index (χ3v) is 5.05. The van der Waals surface area contributed by atoms with Crippen LogP contribution in [0.25, 0.3) is 0 Å². The molecule has 3 rings (SSSR count). The highest BCUT2D eigenvalue weighted by atomic mass is 32.1. The molecule has 1 heterocycles. The van der Waals surface area contributed by atoms with E-state index in [1.807, 2.05) is 24.4 Å². The van der Waals surface area contributed by atoms with E-state index in [0.29, 0.717) is 12.3 Å². The van der Waals surface area contributed by atoms with Gasteiger partial charge in [-0.05, 0) is 37.3 Å². The minimum Gasteiger partial charge on any atom is -0.384 e. The minimum atomic E-state index is -0.191. The monoisotopic (exact) mass is 358 g/mol. The molecule has 6 nitrogen and oxygen atoms in total. The predicted octanol–water partition coefficient (Wildman–Crippen LogP) is 2.48. The Bertz CT molecular complexity index is 772. The van der Waals surface area contributed by atoms with Crippen molar-refractivity contribution >= 4 is 23.1 Å². The number of nitrogens with zero attached hydrogens (tertiary/aromatic N) is 2. The van der Waals surface area contributed by atoms with Crippen LogP contribution in [0.3, 0.4) is 0 Å². The Kier molecular flexibility index (Phi) is 5.65. The lowest BCUT2D eigenvalue weighted by atomic mass is 9.88. The van der Waals surface area contributed by atoms with Crippen LogP contribution in [0.5, 0.6) is 0 Å². The van der Waals surface area contributed by atoms with Crippen LogP contribution < -0.4 is 11.1 Å². The van der Waals surface area contributed by atoms with E-state index in [9.17, 15) is 4.79 Å². The van der Waals surface area contributed by atoms with Crippen LogP contribution in [-0.4, -0.2) is 23.3 Å². The first-order chi connectivity index (χ1) is 12.1. The average molecular weight is 358 g/mol. The van der Waals surface area contributed by atoms with Gasteiger partial charge in [-0.3, -0.25) is 4.79 Å². The van der Waals surface area contributed by atoms with Gasteiger partial charge in [0.15, 0.2) is 6.61 Å². The van der Waals surface area contributed by atoms with Crippen LogP contribution in [0.15, 0.2) is 34.8 Å². The first-order valence-corrected chi connectivity index (χ1v) is 9.22. The van der Waals surface area contributed by atoms with Gasteiger partial charge in [-0.25, -0.2) is 4.98 Å². The summed E-state index contributed by atoms with van der Waals surface area (Å²) in [5, 5.41) is 9.66. The third kappa shape index (κ3) is 4.79. The van der Waals surface area contributed by atoms with Crippen molar-refractivity contribution in [1.29, 1.82) is 0 Å². The van der Waals surface area contributed by atoms with E-state index < -0.39 is 0 Å². The quantitative estimate of drug-likeness (QED) is 0.472. The zero-order valence-corrected chi connectivity index (χ0v) is 15.0. The van der Waals surface area contributed by atoms with Crippen LogP contribution in [0.4, 0.5) is 0 Å². The summed E-state index contributed by atoms with van der Waals surface area (Å²) >= 11 is 1.53. The fraction of sp³-hybridized carbons (Fsp3) is 0.389. The first kappa shape index (κ1) is 17.4. The molecule has 1 aliphatic carbocycles. The third-order valence-electron chi connectivity index (χ3n) is 4.08. The van der Waals surface area contributed by atoms with E-state index in [-0.39, 0.29) is 18.6 Å². The number of oxime groups is 1. The number of carbonyl (C=O) groups is 1. The number of nitrogens with one attached hydrogen (secondary N) is 1. The topological polar surface area (TPSA) is 89.6 Å². The zero-order valence-electron chi connectivity index (χ0n) is 14.2. The number of carbonyl (C=O) groups excluding carboxylic acids is 1. The Morgan fingerprint density at radius 3 is 3.12 bits per heavy atom. The SMILES string of the molecule is Cc1csc(C/C(N)=N/OCC(=O)NC2CCCc3ccccc32)n1. The summed E-state index contributed by atoms with van der Waals surface area (Å²) in [7, 11) is 0. The summed E-state index contributed by atoms with van der Waals surface area (Å²) < 4.78 is 0. The zero-order chi connectivity index (χ0) is 17.6. The number of thiazole rings is 1. The predicted molar refractivity (Wildman–Crippen MR) is 98.4 cm³/mol. The van der Waals surface area contributed by atoms with E-state index >= 15 is 0 Å². The molecule has 7 heteroatoms. The van der Waals surface area contributed by atoms with Gasteiger partial charge < -0.3 is 15.9 Å². The van der Waals surface area contributed by atoms with E-state index in [0.717, 1.165) is 30.0 Å². The van der Waals surface area contributed by atoms with Crippen molar-refractivity contribution in [1.82, 2.24) is 10.3 Å². The number of hydrogen-bond donors (Lipinski definition) is 2. The summed E-state index contributed by atoms with van der Waals surface area (Å²) in [4.78, 5) is 21.5. The molecule has 0 saturated carbocycles. The molecule has 1 unspecified atom stereocenters. The molecule has 2 aromatic rings. The number of rotatable bonds is 6. The van der Waals surface area contributed by atoms with Crippen molar-refractivity contribution in [2.75, 3.05) is 6.61 Å². The number of fused-ring (bicyclic) bond motifs is 1. The van der Waals surface area contributed by atoms with Crippen LogP contribution >= 0.6 is 11.3 Å². The van der Waals surface area contributed by atoms with Crippen LogP contribution in [0, 0.1) is 6.92 Å². The molecular weight excluding hydrogens is 336 g/mol. The van der Waals surface area contributed by atoms with Gasteiger partial charge in [0.1, 0.15) is 10.8 Å². The van der Waals surface area contributed by atoms with Crippen LogP contribution in [0.1, 0.15) is 40.7 Å². The fourth-order valence-corrected chi connectivity index (χ4v) is 3.77. The Labute approximate surface area is 151 Å². The van der Waals surface area contributed by atoms with Crippen molar-refractivity contribution in [2.24, 2.45) is 10.9 Å². The molecule has 1 aromatic heterocycles. The van der Waals surface area contributed by atoms with E-state index in [4.69, 9.17) is 10.6 Å². The van der Waals surface area contributed by atoms with E-state index in [2.05, 4.69) is 27.6 Å². The summed E-state index contributed by atoms with van der Waals surface area (Å²) in [6.07, 6.45) is 3.50. The lowest BCUT2D eigenvalue weighted by Gasteiger charge is -2.26. The van der Waals surface area contributed by atoms with E-state index in [1.54, 1.807) is 0 Å². The maximum absolute atomic E-state index is 12.1. The Morgan fingerprint density at radius 1 is 1.48 bits per heavy atom. The molecule has 0 aliphatic heterocycles. The number of nitrogens with two attached hydrogens (primary N) is 1. The summed E-state index contributed by atoms with van der Waals surface area (Å²) in [5.74, 6) is 0.119. The minimum absolute atomic E-state index is 0.0423. The highest BCUT2D eigenvalue weighted by Crippen LogP contribution is 2.29. The van der Waals surface area contributed by atoms with Crippen molar-refractivity contribution in [3.8, 4) is 0 Å². The normalized spacial score (nSPS) is 17.0. The molecule has 1 atom stereocenters. The molecule has 0 bridgehead atoms. The number of amidine groups is 1. The van der Waals surface area contributed by atoms with Gasteiger partial charge in [-0.2, -0.15) is 0 Å². The Balaban J connectivity index is 1.48. The smallest absolute Gasteiger partial charge is 0.261 e. The fourth-order valence-electron chi connectivity index (χ4n) is 2.98. The van der Waals surface area contributed by atoms with Crippen molar-refractivity contribution in [3.05, 3.63) is 51.5 Å². The second-order valence-corrected chi connectivity index (χ2v) is 7.07. The van der Waals surface area contributed by atoms with Gasteiger partial charge in [-0.15, -0.1) is 11.3 Å².